The largest absolute Gasteiger partial charge is 0.336 e. The van der Waals surface area contributed by atoms with Gasteiger partial charge in [0, 0.05) is 31.7 Å². The molecule has 1 heterocycles. The molecule has 0 radical (unpaired) electrons. The Morgan fingerprint density at radius 1 is 0.690 bits per heavy atom. The predicted molar refractivity (Wildman–Crippen MR) is 109 cm³/mol. The Bertz CT molecular complexity index is 950. The monoisotopic (exact) mass is 392 g/mol. The minimum atomic E-state index is -0.351. The van der Waals surface area contributed by atoms with E-state index in [1.165, 1.54) is 36.4 Å². The van der Waals surface area contributed by atoms with E-state index < -0.39 is 0 Å². The predicted octanol–water partition coefficient (Wildman–Crippen LogP) is 4.51. The molecule has 0 aliphatic carbocycles. The van der Waals surface area contributed by atoms with Gasteiger partial charge in [0.1, 0.15) is 11.6 Å². The Balaban J connectivity index is 1.51. The van der Waals surface area contributed by atoms with Crippen LogP contribution in [0.2, 0.25) is 0 Å². The van der Waals surface area contributed by atoms with Crippen molar-refractivity contribution in [2.24, 2.45) is 0 Å². The van der Waals surface area contributed by atoms with Gasteiger partial charge in [0.05, 0.1) is 6.04 Å². The zero-order chi connectivity index (χ0) is 20.2. The first kappa shape index (κ1) is 19.3. The molecule has 0 unspecified atom stereocenters. The number of halogens is 2. The molecule has 29 heavy (non-hydrogen) atoms. The Morgan fingerprint density at radius 2 is 1.21 bits per heavy atom. The summed E-state index contributed by atoms with van der Waals surface area (Å²) in [6.45, 7) is 2.56. The van der Waals surface area contributed by atoms with Gasteiger partial charge in [-0.05, 0) is 47.5 Å². The van der Waals surface area contributed by atoms with Gasteiger partial charge in [0.15, 0.2) is 0 Å². The van der Waals surface area contributed by atoms with E-state index in [1.54, 1.807) is 4.90 Å². The van der Waals surface area contributed by atoms with E-state index in [9.17, 15) is 13.6 Å². The van der Waals surface area contributed by atoms with E-state index in [0.717, 1.165) is 11.1 Å². The highest BCUT2D eigenvalue weighted by molar-refractivity contribution is 5.94. The summed E-state index contributed by atoms with van der Waals surface area (Å²) in [6, 6.07) is 22.4. The van der Waals surface area contributed by atoms with Crippen LogP contribution in [0.5, 0.6) is 0 Å². The van der Waals surface area contributed by atoms with Crippen molar-refractivity contribution in [3.05, 3.63) is 107 Å². The fraction of sp³-hybridized carbons (Fsp3) is 0.208. The van der Waals surface area contributed by atoms with Gasteiger partial charge in [-0.2, -0.15) is 0 Å². The summed E-state index contributed by atoms with van der Waals surface area (Å²) in [4.78, 5) is 16.8. The lowest BCUT2D eigenvalue weighted by Gasteiger charge is -2.39. The zero-order valence-electron chi connectivity index (χ0n) is 16.0. The third kappa shape index (κ3) is 4.35. The van der Waals surface area contributed by atoms with Crippen LogP contribution in [0, 0.1) is 11.6 Å². The molecule has 1 saturated heterocycles. The van der Waals surface area contributed by atoms with Crippen LogP contribution in [0.4, 0.5) is 8.78 Å². The van der Waals surface area contributed by atoms with Crippen molar-refractivity contribution < 1.29 is 13.6 Å². The Kier molecular flexibility index (Phi) is 5.67. The fourth-order valence-electron chi connectivity index (χ4n) is 3.85. The second-order valence-electron chi connectivity index (χ2n) is 7.20. The number of amides is 1. The van der Waals surface area contributed by atoms with Crippen molar-refractivity contribution in [2.75, 3.05) is 26.2 Å². The van der Waals surface area contributed by atoms with Crippen molar-refractivity contribution in [3.63, 3.8) is 0 Å². The third-order valence-corrected chi connectivity index (χ3v) is 5.36. The maximum atomic E-state index is 13.4. The van der Waals surface area contributed by atoms with Crippen molar-refractivity contribution in [1.82, 2.24) is 9.80 Å². The molecule has 3 nitrogen and oxygen atoms in total. The molecule has 0 aromatic heterocycles. The molecule has 0 saturated carbocycles. The van der Waals surface area contributed by atoms with Gasteiger partial charge in [-0.1, -0.05) is 42.5 Å². The highest BCUT2D eigenvalue weighted by atomic mass is 19.1. The molecule has 1 aliphatic rings. The highest BCUT2D eigenvalue weighted by Crippen LogP contribution is 2.30. The van der Waals surface area contributed by atoms with Crippen LogP contribution in [0.15, 0.2) is 78.9 Å². The van der Waals surface area contributed by atoms with Gasteiger partial charge in [-0.25, -0.2) is 8.78 Å². The summed E-state index contributed by atoms with van der Waals surface area (Å²) >= 11 is 0. The summed E-state index contributed by atoms with van der Waals surface area (Å²) in [6.07, 6.45) is 0. The van der Waals surface area contributed by atoms with Gasteiger partial charge in [0.2, 0.25) is 0 Å². The van der Waals surface area contributed by atoms with Crippen molar-refractivity contribution in [1.29, 1.82) is 0 Å². The summed E-state index contributed by atoms with van der Waals surface area (Å²) in [7, 11) is 0. The highest BCUT2D eigenvalue weighted by Gasteiger charge is 2.28. The maximum absolute atomic E-state index is 13.4. The first-order valence-electron chi connectivity index (χ1n) is 9.71. The molecule has 3 aromatic carbocycles. The Morgan fingerprint density at radius 3 is 1.79 bits per heavy atom. The van der Waals surface area contributed by atoms with E-state index >= 15 is 0 Å². The number of benzene rings is 3. The maximum Gasteiger partial charge on any atom is 0.253 e. The molecule has 5 heteroatoms. The van der Waals surface area contributed by atoms with Crippen molar-refractivity contribution in [2.45, 2.75) is 6.04 Å². The van der Waals surface area contributed by atoms with Crippen molar-refractivity contribution >= 4 is 5.91 Å². The molecule has 1 fully saturated rings. The molecular formula is C24H22F2N2O. The molecular weight excluding hydrogens is 370 g/mol. The number of hydrogen-bond acceptors (Lipinski definition) is 2. The van der Waals surface area contributed by atoms with E-state index in [1.807, 2.05) is 30.3 Å². The molecule has 1 amide bonds. The molecule has 1 aliphatic heterocycles. The normalized spacial score (nSPS) is 15.9. The molecule has 0 spiro atoms. The molecule has 4 rings (SSSR count). The average Bonchev–Trinajstić information content (AvgIpc) is 2.77. The second-order valence-corrected chi connectivity index (χ2v) is 7.20. The lowest BCUT2D eigenvalue weighted by atomic mass is 9.96. The first-order chi connectivity index (χ1) is 14.1. The third-order valence-electron chi connectivity index (χ3n) is 5.36. The standard InChI is InChI=1S/C24H22F2N2O/c25-21-10-6-19(7-11-21)23(18-4-2-1-3-5-18)27-14-16-28(17-15-27)24(29)20-8-12-22(26)13-9-20/h1-13,23H,14-17H2/t23-/m1/s1. The van der Waals surface area contributed by atoms with Crippen molar-refractivity contribution in [3.8, 4) is 0 Å². The SMILES string of the molecule is O=C(c1ccc(F)cc1)N1CCN([C@H](c2ccccc2)c2ccc(F)cc2)CC1. The minimum absolute atomic E-state index is 0.000117. The van der Waals surface area contributed by atoms with Crippen LogP contribution >= 0.6 is 0 Å². The van der Waals surface area contributed by atoms with Crippen LogP contribution in [-0.2, 0) is 0 Å². The molecule has 0 bridgehead atoms. The quantitative estimate of drug-likeness (QED) is 0.652. The van der Waals surface area contributed by atoms with E-state index in [4.69, 9.17) is 0 Å². The van der Waals surface area contributed by atoms with Crippen LogP contribution in [-0.4, -0.2) is 41.9 Å². The lowest BCUT2D eigenvalue weighted by Crippen LogP contribution is -2.49. The lowest BCUT2D eigenvalue weighted by molar-refractivity contribution is 0.0597. The first-order valence-corrected chi connectivity index (χ1v) is 9.71. The number of nitrogens with zero attached hydrogens (tertiary/aromatic N) is 2. The smallest absolute Gasteiger partial charge is 0.253 e. The second kappa shape index (κ2) is 8.53. The number of piperazine rings is 1. The molecule has 0 N–H and O–H groups in total. The Labute approximate surface area is 169 Å². The van der Waals surface area contributed by atoms with Gasteiger partial charge < -0.3 is 4.90 Å². The molecule has 148 valence electrons. The number of carbonyl (C=O) groups excluding carboxylic acids is 1. The van der Waals surface area contributed by atoms with E-state index in [-0.39, 0.29) is 23.6 Å². The van der Waals surface area contributed by atoms with Crippen LogP contribution < -0.4 is 0 Å². The summed E-state index contributed by atoms with van der Waals surface area (Å²) in [5, 5.41) is 0. The Hall–Kier alpha value is -3.05. The number of hydrogen-bond donors (Lipinski definition) is 0. The average molecular weight is 392 g/mol. The van der Waals surface area contributed by atoms with Gasteiger partial charge in [-0.15, -0.1) is 0 Å². The fourth-order valence-corrected chi connectivity index (χ4v) is 3.85. The van der Waals surface area contributed by atoms with Gasteiger partial charge in [-0.3, -0.25) is 9.69 Å². The zero-order valence-corrected chi connectivity index (χ0v) is 16.0. The summed E-state index contributed by atoms with van der Waals surface area (Å²) in [5.74, 6) is -0.686. The number of carbonyl (C=O) groups is 1. The topological polar surface area (TPSA) is 23.6 Å². The van der Waals surface area contributed by atoms with E-state index in [2.05, 4.69) is 17.0 Å². The minimum Gasteiger partial charge on any atom is -0.336 e. The van der Waals surface area contributed by atoms with Gasteiger partial charge >= 0.3 is 0 Å². The van der Waals surface area contributed by atoms with Crippen LogP contribution in [0.3, 0.4) is 0 Å². The molecule has 1 atom stereocenters. The van der Waals surface area contributed by atoms with E-state index in [0.29, 0.717) is 31.7 Å². The number of rotatable bonds is 4. The van der Waals surface area contributed by atoms with Crippen LogP contribution in [0.25, 0.3) is 0 Å². The summed E-state index contributed by atoms with van der Waals surface area (Å²) in [5.41, 5.74) is 2.66. The molecule has 3 aromatic rings. The van der Waals surface area contributed by atoms with Gasteiger partial charge in [0.25, 0.3) is 5.91 Å². The van der Waals surface area contributed by atoms with Crippen LogP contribution in [0.1, 0.15) is 27.5 Å². The summed E-state index contributed by atoms with van der Waals surface area (Å²) < 4.78 is 26.6.